The first kappa shape index (κ1) is 18.5. The van der Waals surface area contributed by atoms with E-state index in [0.717, 1.165) is 6.20 Å². The molecule has 1 aliphatic rings. The highest BCUT2D eigenvalue weighted by molar-refractivity contribution is 6.33. The van der Waals surface area contributed by atoms with Crippen molar-refractivity contribution in [2.75, 3.05) is 5.73 Å². The molecule has 0 spiro atoms. The minimum atomic E-state index is -1.57. The lowest BCUT2D eigenvalue weighted by Gasteiger charge is -2.17. The molecule has 2 aromatic rings. The zero-order valence-electron chi connectivity index (χ0n) is 13.3. The number of carbonyl (C=O) groups is 1. The summed E-state index contributed by atoms with van der Waals surface area (Å²) in [4.78, 5) is 27.5. The summed E-state index contributed by atoms with van der Waals surface area (Å²) < 4.78 is 19.7. The van der Waals surface area contributed by atoms with Gasteiger partial charge in [-0.3, -0.25) is 9.36 Å². The molecule has 26 heavy (non-hydrogen) atoms. The summed E-state index contributed by atoms with van der Waals surface area (Å²) in [6.45, 7) is 0. The van der Waals surface area contributed by atoms with E-state index in [4.69, 9.17) is 22.1 Å². The molecule has 0 saturated carbocycles. The second kappa shape index (κ2) is 7.12. The zero-order chi connectivity index (χ0) is 19.0. The first-order valence-electron chi connectivity index (χ1n) is 7.63. The number of aliphatic hydroxyl groups is 2. The quantitative estimate of drug-likeness (QED) is 0.656. The van der Waals surface area contributed by atoms with E-state index in [1.807, 2.05) is 0 Å². The van der Waals surface area contributed by atoms with Crippen LogP contribution >= 0.6 is 11.6 Å². The number of nitrogens with two attached hydrogens (primary N) is 1. The van der Waals surface area contributed by atoms with Gasteiger partial charge in [0.15, 0.2) is 23.6 Å². The molecule has 0 bridgehead atoms. The standard InChI is InChI=1S/C16H15ClFN3O5/c17-8-4-2-1-3-7(8)10(22)5-11-12(23)13(24)15(26-11)21-6-9(18)14(19)20-16(21)25/h1-4,6,11-13,15,23-24H,5H2,(H2,19,20,25)/t11-,12-,13-,15-/m1/s1. The number of hydrogen-bond acceptors (Lipinski definition) is 7. The van der Waals surface area contributed by atoms with Crippen molar-refractivity contribution in [1.82, 2.24) is 9.55 Å². The number of hydrogen-bond donors (Lipinski definition) is 3. The molecule has 0 unspecified atom stereocenters. The summed E-state index contributed by atoms with van der Waals surface area (Å²) in [6.07, 6.45) is -5.14. The van der Waals surface area contributed by atoms with E-state index in [2.05, 4.69) is 4.98 Å². The highest BCUT2D eigenvalue weighted by Gasteiger charge is 2.45. The lowest BCUT2D eigenvalue weighted by atomic mass is 10.0. The van der Waals surface area contributed by atoms with Crippen LogP contribution in [0.1, 0.15) is 23.0 Å². The first-order valence-corrected chi connectivity index (χ1v) is 8.01. The molecule has 138 valence electrons. The van der Waals surface area contributed by atoms with Crippen molar-refractivity contribution in [2.45, 2.75) is 31.0 Å². The van der Waals surface area contributed by atoms with Crippen molar-refractivity contribution < 1.29 is 24.1 Å². The highest BCUT2D eigenvalue weighted by Crippen LogP contribution is 2.31. The Morgan fingerprint density at radius 3 is 2.73 bits per heavy atom. The van der Waals surface area contributed by atoms with Gasteiger partial charge in [-0.2, -0.15) is 4.98 Å². The Morgan fingerprint density at radius 1 is 1.35 bits per heavy atom. The number of anilines is 1. The van der Waals surface area contributed by atoms with Gasteiger partial charge in [0.25, 0.3) is 0 Å². The maximum atomic E-state index is 13.6. The number of rotatable bonds is 4. The van der Waals surface area contributed by atoms with Gasteiger partial charge in [0.1, 0.15) is 12.2 Å². The smallest absolute Gasteiger partial charge is 0.351 e. The third-order valence-corrected chi connectivity index (χ3v) is 4.44. The normalized spacial score (nSPS) is 25.4. The molecule has 0 radical (unpaired) electrons. The molecule has 10 heteroatoms. The number of ketones is 1. The van der Waals surface area contributed by atoms with Crippen LogP contribution in [0.15, 0.2) is 35.3 Å². The number of aliphatic hydroxyl groups excluding tert-OH is 2. The molecule has 1 aromatic carbocycles. The number of halogens is 2. The fraction of sp³-hybridized carbons (Fsp3) is 0.312. The average Bonchev–Trinajstić information content (AvgIpc) is 2.87. The molecular formula is C16H15ClFN3O5. The van der Waals surface area contributed by atoms with Crippen LogP contribution < -0.4 is 11.4 Å². The summed E-state index contributed by atoms with van der Waals surface area (Å²) in [6, 6.07) is 6.35. The van der Waals surface area contributed by atoms with Crippen LogP contribution in [0.5, 0.6) is 0 Å². The van der Waals surface area contributed by atoms with Crippen LogP contribution in [0.25, 0.3) is 0 Å². The molecule has 3 rings (SSSR count). The number of Topliss-reactive ketones (excluding diaryl/α,β-unsaturated/α-hetero) is 1. The Morgan fingerprint density at radius 2 is 2.04 bits per heavy atom. The Kier molecular flexibility index (Phi) is 5.05. The number of aromatic nitrogens is 2. The number of benzene rings is 1. The molecule has 2 heterocycles. The molecule has 0 amide bonds. The second-order valence-electron chi connectivity index (χ2n) is 5.82. The van der Waals surface area contributed by atoms with Gasteiger partial charge in [0.05, 0.1) is 17.3 Å². The van der Waals surface area contributed by atoms with Crippen molar-refractivity contribution in [3.05, 3.63) is 57.3 Å². The van der Waals surface area contributed by atoms with Crippen molar-refractivity contribution in [1.29, 1.82) is 0 Å². The topological polar surface area (TPSA) is 128 Å². The molecule has 1 saturated heterocycles. The summed E-state index contributed by atoms with van der Waals surface area (Å²) >= 11 is 5.97. The Bertz CT molecular complexity index is 906. The molecule has 4 N–H and O–H groups in total. The maximum absolute atomic E-state index is 13.6. The predicted octanol–water partition coefficient (Wildman–Crippen LogP) is 0.510. The van der Waals surface area contributed by atoms with Gasteiger partial charge in [-0.05, 0) is 12.1 Å². The van der Waals surface area contributed by atoms with Gasteiger partial charge in [0, 0.05) is 12.0 Å². The van der Waals surface area contributed by atoms with Crippen LogP contribution in [0.4, 0.5) is 10.2 Å². The maximum Gasteiger partial charge on any atom is 0.351 e. The summed E-state index contributed by atoms with van der Waals surface area (Å²) in [5.41, 5.74) is 4.49. The molecule has 0 aliphatic carbocycles. The molecule has 4 atom stereocenters. The number of ether oxygens (including phenoxy) is 1. The molecule has 8 nitrogen and oxygen atoms in total. The van der Waals surface area contributed by atoms with E-state index in [0.29, 0.717) is 4.57 Å². The molecule has 1 aliphatic heterocycles. The zero-order valence-corrected chi connectivity index (χ0v) is 14.0. The molecular weight excluding hydrogens is 369 g/mol. The minimum absolute atomic E-state index is 0.236. The van der Waals surface area contributed by atoms with E-state index < -0.39 is 47.6 Å². The van der Waals surface area contributed by atoms with E-state index in [1.165, 1.54) is 6.07 Å². The fourth-order valence-electron chi connectivity index (χ4n) is 2.75. The van der Waals surface area contributed by atoms with Crippen molar-refractivity contribution in [3.63, 3.8) is 0 Å². The number of nitrogen functional groups attached to an aromatic ring is 1. The average molecular weight is 384 g/mol. The summed E-state index contributed by atoms with van der Waals surface area (Å²) in [7, 11) is 0. The van der Waals surface area contributed by atoms with Crippen LogP contribution in [-0.4, -0.2) is 43.9 Å². The number of nitrogens with zero attached hydrogens (tertiary/aromatic N) is 2. The Hall–Kier alpha value is -2.33. The van der Waals surface area contributed by atoms with Gasteiger partial charge in [-0.25, -0.2) is 9.18 Å². The van der Waals surface area contributed by atoms with E-state index in [9.17, 15) is 24.2 Å². The SMILES string of the molecule is Nc1nc(=O)n([C@@H]2O[C@H](CC(=O)c3ccccc3Cl)[C@@H](O)[C@H]2O)cc1F. The van der Waals surface area contributed by atoms with Gasteiger partial charge in [-0.1, -0.05) is 23.7 Å². The van der Waals surface area contributed by atoms with Gasteiger partial charge in [-0.15, -0.1) is 0 Å². The Balaban J connectivity index is 1.82. The van der Waals surface area contributed by atoms with Crippen LogP contribution in [-0.2, 0) is 4.74 Å². The third-order valence-electron chi connectivity index (χ3n) is 4.11. The predicted molar refractivity (Wildman–Crippen MR) is 89.2 cm³/mol. The lowest BCUT2D eigenvalue weighted by Crippen LogP contribution is -2.36. The van der Waals surface area contributed by atoms with Crippen molar-refractivity contribution >= 4 is 23.2 Å². The second-order valence-corrected chi connectivity index (χ2v) is 6.22. The monoisotopic (exact) mass is 383 g/mol. The van der Waals surface area contributed by atoms with E-state index in [1.54, 1.807) is 18.2 Å². The van der Waals surface area contributed by atoms with Crippen molar-refractivity contribution in [3.8, 4) is 0 Å². The van der Waals surface area contributed by atoms with Crippen LogP contribution in [0.2, 0.25) is 5.02 Å². The van der Waals surface area contributed by atoms with Crippen LogP contribution in [0, 0.1) is 5.82 Å². The molecule has 1 fully saturated rings. The summed E-state index contributed by atoms with van der Waals surface area (Å²) in [5, 5.41) is 20.5. The van der Waals surface area contributed by atoms with Crippen molar-refractivity contribution in [2.24, 2.45) is 0 Å². The number of carbonyl (C=O) groups excluding carboxylic acids is 1. The van der Waals surface area contributed by atoms with Gasteiger partial charge in [0.2, 0.25) is 0 Å². The van der Waals surface area contributed by atoms with Gasteiger partial charge < -0.3 is 20.7 Å². The van der Waals surface area contributed by atoms with Crippen LogP contribution in [0.3, 0.4) is 0 Å². The highest BCUT2D eigenvalue weighted by atomic mass is 35.5. The minimum Gasteiger partial charge on any atom is -0.388 e. The largest absolute Gasteiger partial charge is 0.388 e. The third kappa shape index (κ3) is 3.34. The lowest BCUT2D eigenvalue weighted by molar-refractivity contribution is -0.0401. The molecule has 1 aromatic heterocycles. The fourth-order valence-corrected chi connectivity index (χ4v) is 2.99. The first-order chi connectivity index (χ1) is 12.3. The van der Waals surface area contributed by atoms with E-state index in [-0.39, 0.29) is 17.0 Å². The van der Waals surface area contributed by atoms with E-state index >= 15 is 0 Å². The Labute approximate surface area is 151 Å². The summed E-state index contributed by atoms with van der Waals surface area (Å²) in [5.74, 6) is -1.99. The van der Waals surface area contributed by atoms with Gasteiger partial charge >= 0.3 is 5.69 Å².